The van der Waals surface area contributed by atoms with Gasteiger partial charge < -0.3 is 4.90 Å². The minimum atomic E-state index is 0.310. The summed E-state index contributed by atoms with van der Waals surface area (Å²) in [5.41, 5.74) is 0. The summed E-state index contributed by atoms with van der Waals surface area (Å²) >= 11 is 3.48. The summed E-state index contributed by atoms with van der Waals surface area (Å²) in [5.74, 6) is 0.310. The fourth-order valence-electron chi connectivity index (χ4n) is 2.21. The summed E-state index contributed by atoms with van der Waals surface area (Å²) in [6.07, 6.45) is 3.87. The van der Waals surface area contributed by atoms with Gasteiger partial charge in [-0.05, 0) is 42.2 Å². The van der Waals surface area contributed by atoms with Gasteiger partial charge >= 0.3 is 0 Å². The first kappa shape index (κ1) is 12.9. The molecule has 1 fully saturated rings. The van der Waals surface area contributed by atoms with Crippen molar-refractivity contribution in [2.24, 2.45) is 0 Å². The molecule has 0 spiro atoms. The van der Waals surface area contributed by atoms with Crippen LogP contribution in [0.5, 0.6) is 0 Å². The number of nitrogens with zero attached hydrogens (tertiary/aromatic N) is 1. The molecule has 0 aromatic carbocycles. The third-order valence-corrected chi connectivity index (χ3v) is 5.18. The standard InChI is InChI=1S/C15H17NOS2/c17-15(8-7-13-3-1-9-18-13)16(12-5-6-12)11-14-4-2-10-19-14/h1-4,9-10,12H,5-8,11H2. The first-order chi connectivity index (χ1) is 9.33. The summed E-state index contributed by atoms with van der Waals surface area (Å²) in [4.78, 5) is 17.1. The van der Waals surface area contributed by atoms with E-state index in [-0.39, 0.29) is 0 Å². The quantitative estimate of drug-likeness (QED) is 0.789. The second-order valence-corrected chi connectivity index (χ2v) is 6.98. The maximum Gasteiger partial charge on any atom is 0.223 e. The molecule has 0 saturated heterocycles. The van der Waals surface area contributed by atoms with Crippen molar-refractivity contribution in [1.29, 1.82) is 0 Å². The van der Waals surface area contributed by atoms with Crippen molar-refractivity contribution in [2.75, 3.05) is 0 Å². The van der Waals surface area contributed by atoms with Gasteiger partial charge in [0.25, 0.3) is 0 Å². The summed E-state index contributed by atoms with van der Waals surface area (Å²) in [5, 5.41) is 4.15. The van der Waals surface area contributed by atoms with Crippen molar-refractivity contribution in [3.63, 3.8) is 0 Å². The van der Waals surface area contributed by atoms with E-state index in [9.17, 15) is 4.79 Å². The molecule has 0 radical (unpaired) electrons. The Kier molecular flexibility index (Phi) is 3.99. The first-order valence-electron chi connectivity index (χ1n) is 6.67. The molecule has 3 rings (SSSR count). The second-order valence-electron chi connectivity index (χ2n) is 4.91. The number of amides is 1. The zero-order chi connectivity index (χ0) is 13.1. The van der Waals surface area contributed by atoms with Gasteiger partial charge in [0.05, 0.1) is 6.54 Å². The van der Waals surface area contributed by atoms with Gasteiger partial charge in [0.1, 0.15) is 0 Å². The van der Waals surface area contributed by atoms with Crippen LogP contribution in [0.2, 0.25) is 0 Å². The number of hydrogen-bond donors (Lipinski definition) is 0. The summed E-state index contributed by atoms with van der Waals surface area (Å²) in [7, 11) is 0. The van der Waals surface area contributed by atoms with Crippen LogP contribution in [0.3, 0.4) is 0 Å². The molecule has 0 bridgehead atoms. The average molecular weight is 291 g/mol. The highest BCUT2D eigenvalue weighted by molar-refractivity contribution is 7.10. The Morgan fingerprint density at radius 1 is 1.16 bits per heavy atom. The van der Waals surface area contributed by atoms with Crippen LogP contribution < -0.4 is 0 Å². The van der Waals surface area contributed by atoms with Gasteiger partial charge in [0, 0.05) is 22.2 Å². The van der Waals surface area contributed by atoms with E-state index in [0.29, 0.717) is 18.4 Å². The molecule has 0 N–H and O–H groups in total. The van der Waals surface area contributed by atoms with Crippen LogP contribution in [-0.2, 0) is 17.8 Å². The van der Waals surface area contributed by atoms with E-state index in [0.717, 1.165) is 13.0 Å². The van der Waals surface area contributed by atoms with Crippen LogP contribution in [0.1, 0.15) is 29.0 Å². The summed E-state index contributed by atoms with van der Waals surface area (Å²) in [6.45, 7) is 0.797. The molecule has 0 atom stereocenters. The maximum absolute atomic E-state index is 12.4. The first-order valence-corrected chi connectivity index (χ1v) is 8.43. The molecule has 1 saturated carbocycles. The lowest BCUT2D eigenvalue weighted by molar-refractivity contribution is -0.132. The predicted molar refractivity (Wildman–Crippen MR) is 80.5 cm³/mol. The topological polar surface area (TPSA) is 20.3 Å². The predicted octanol–water partition coefficient (Wildman–Crippen LogP) is 3.93. The normalized spacial score (nSPS) is 14.5. The van der Waals surface area contributed by atoms with Crippen molar-refractivity contribution in [3.8, 4) is 0 Å². The Bertz CT molecular complexity index is 514. The average Bonchev–Trinajstić information content (AvgIpc) is 2.94. The number of hydrogen-bond acceptors (Lipinski definition) is 3. The molecule has 2 aromatic heterocycles. The Morgan fingerprint density at radius 2 is 1.84 bits per heavy atom. The third kappa shape index (κ3) is 3.45. The van der Waals surface area contributed by atoms with Crippen LogP contribution in [0.25, 0.3) is 0 Å². The van der Waals surface area contributed by atoms with Crippen molar-refractivity contribution >= 4 is 28.6 Å². The SMILES string of the molecule is O=C(CCc1cccs1)N(Cc1cccs1)C1CC1. The molecular formula is C15H17NOS2. The molecule has 2 heterocycles. The fraction of sp³-hybridized carbons (Fsp3) is 0.400. The molecule has 19 heavy (non-hydrogen) atoms. The van der Waals surface area contributed by atoms with Crippen molar-refractivity contribution in [2.45, 2.75) is 38.3 Å². The molecule has 0 aliphatic heterocycles. The van der Waals surface area contributed by atoms with Crippen LogP contribution in [0.4, 0.5) is 0 Å². The summed E-state index contributed by atoms with van der Waals surface area (Å²) in [6, 6.07) is 8.83. The van der Waals surface area contributed by atoms with E-state index in [1.807, 2.05) is 0 Å². The van der Waals surface area contributed by atoms with Gasteiger partial charge in [-0.2, -0.15) is 0 Å². The molecule has 1 aliphatic rings. The Labute approximate surface area is 121 Å². The molecule has 2 nitrogen and oxygen atoms in total. The third-order valence-electron chi connectivity index (χ3n) is 3.38. The van der Waals surface area contributed by atoms with Crippen molar-refractivity contribution < 1.29 is 4.79 Å². The zero-order valence-electron chi connectivity index (χ0n) is 10.7. The van der Waals surface area contributed by atoms with E-state index in [1.54, 1.807) is 22.7 Å². The molecule has 100 valence electrons. The van der Waals surface area contributed by atoms with Crippen LogP contribution in [0.15, 0.2) is 35.0 Å². The van der Waals surface area contributed by atoms with Crippen molar-refractivity contribution in [1.82, 2.24) is 4.90 Å². The van der Waals surface area contributed by atoms with Gasteiger partial charge in [0.2, 0.25) is 5.91 Å². The summed E-state index contributed by atoms with van der Waals surface area (Å²) < 4.78 is 0. The van der Waals surface area contributed by atoms with Crippen LogP contribution >= 0.6 is 22.7 Å². The largest absolute Gasteiger partial charge is 0.335 e. The highest BCUT2D eigenvalue weighted by Gasteiger charge is 2.32. The molecular weight excluding hydrogens is 274 g/mol. The zero-order valence-corrected chi connectivity index (χ0v) is 12.4. The van der Waals surface area contributed by atoms with Gasteiger partial charge in [-0.3, -0.25) is 4.79 Å². The number of rotatable bonds is 6. The van der Waals surface area contributed by atoms with E-state index in [2.05, 4.69) is 39.9 Å². The molecule has 0 unspecified atom stereocenters. The van der Waals surface area contributed by atoms with Gasteiger partial charge in [-0.1, -0.05) is 12.1 Å². The monoisotopic (exact) mass is 291 g/mol. The lowest BCUT2D eigenvalue weighted by Crippen LogP contribution is -2.32. The van der Waals surface area contributed by atoms with E-state index >= 15 is 0 Å². The number of aryl methyl sites for hydroxylation is 1. The highest BCUT2D eigenvalue weighted by atomic mass is 32.1. The Balaban J connectivity index is 1.58. The lowest BCUT2D eigenvalue weighted by Gasteiger charge is -2.21. The van der Waals surface area contributed by atoms with Crippen LogP contribution in [-0.4, -0.2) is 16.8 Å². The lowest BCUT2D eigenvalue weighted by atomic mass is 10.2. The van der Waals surface area contributed by atoms with E-state index < -0.39 is 0 Å². The molecule has 1 amide bonds. The smallest absolute Gasteiger partial charge is 0.223 e. The van der Waals surface area contributed by atoms with Gasteiger partial charge in [0.15, 0.2) is 0 Å². The van der Waals surface area contributed by atoms with E-state index in [1.165, 1.54) is 22.6 Å². The molecule has 1 aliphatic carbocycles. The van der Waals surface area contributed by atoms with Crippen molar-refractivity contribution in [3.05, 3.63) is 44.8 Å². The van der Waals surface area contributed by atoms with E-state index in [4.69, 9.17) is 0 Å². The second kappa shape index (κ2) is 5.88. The maximum atomic E-state index is 12.4. The Hall–Kier alpha value is -1.13. The van der Waals surface area contributed by atoms with Gasteiger partial charge in [-0.25, -0.2) is 0 Å². The number of carbonyl (C=O) groups is 1. The van der Waals surface area contributed by atoms with Crippen LogP contribution in [0, 0.1) is 0 Å². The molecule has 2 aromatic rings. The number of carbonyl (C=O) groups excluding carboxylic acids is 1. The highest BCUT2D eigenvalue weighted by Crippen LogP contribution is 2.30. The fourth-order valence-corrected chi connectivity index (χ4v) is 3.62. The molecule has 4 heteroatoms. The minimum absolute atomic E-state index is 0.310. The minimum Gasteiger partial charge on any atom is -0.335 e. The number of thiophene rings is 2. The Morgan fingerprint density at radius 3 is 2.42 bits per heavy atom. The van der Waals surface area contributed by atoms with Gasteiger partial charge in [-0.15, -0.1) is 22.7 Å².